The number of carbonyl (C=O) groups is 1. The van der Waals surface area contributed by atoms with E-state index >= 15 is 0 Å². The van der Waals surface area contributed by atoms with Crippen LogP contribution in [0.15, 0.2) is 53.6 Å². The van der Waals surface area contributed by atoms with Gasteiger partial charge in [0.1, 0.15) is 12.0 Å². The Kier molecular flexibility index (Phi) is 8.77. The first-order valence-corrected chi connectivity index (χ1v) is 12.3. The number of nitrogens with zero attached hydrogens (tertiary/aromatic N) is 2. The standard InChI is InChI=1S/C26H33FN2S.C2H4O/c1-19-8-10-20(11-9-19)16-23-22-6-4-5-7-24(22)29(25(23)30)17-21-12-14-28(15-13-21)18-26(2,3)27;1-2-3/h4-11,21,30H,12-18H2,1-3H3;2H,1H3. The highest BCUT2D eigenvalue weighted by molar-refractivity contribution is 7.80. The first-order chi connectivity index (χ1) is 15.7. The third-order valence-electron chi connectivity index (χ3n) is 6.29. The molecule has 2 heterocycles. The molecule has 0 unspecified atom stereocenters. The van der Waals surface area contributed by atoms with Crippen molar-refractivity contribution in [3.8, 4) is 0 Å². The topological polar surface area (TPSA) is 25.2 Å². The number of fused-ring (bicyclic) bond motifs is 1. The number of carbonyl (C=O) groups excluding carboxylic acids is 1. The number of thiol groups is 1. The summed E-state index contributed by atoms with van der Waals surface area (Å²) in [6.45, 7) is 10.4. The molecule has 1 aromatic heterocycles. The molecule has 0 amide bonds. The van der Waals surface area contributed by atoms with Crippen molar-refractivity contribution in [3.63, 3.8) is 0 Å². The summed E-state index contributed by atoms with van der Waals surface area (Å²) in [6, 6.07) is 17.5. The Balaban J connectivity index is 0.000000968. The van der Waals surface area contributed by atoms with Gasteiger partial charge in [0.2, 0.25) is 0 Å². The lowest BCUT2D eigenvalue weighted by Crippen LogP contribution is -2.41. The number of aldehydes is 1. The van der Waals surface area contributed by atoms with Crippen LogP contribution in [0.2, 0.25) is 0 Å². The fourth-order valence-electron chi connectivity index (χ4n) is 4.75. The second-order valence-corrected chi connectivity index (χ2v) is 10.2. The number of aryl methyl sites for hydroxylation is 1. The highest BCUT2D eigenvalue weighted by atomic mass is 32.1. The van der Waals surface area contributed by atoms with Gasteiger partial charge in [-0.1, -0.05) is 48.0 Å². The van der Waals surface area contributed by atoms with Gasteiger partial charge in [-0.3, -0.25) is 0 Å². The summed E-state index contributed by atoms with van der Waals surface area (Å²) in [7, 11) is 0. The zero-order valence-corrected chi connectivity index (χ0v) is 21.2. The molecule has 0 atom stereocenters. The summed E-state index contributed by atoms with van der Waals surface area (Å²) >= 11 is 5.00. The van der Waals surface area contributed by atoms with Gasteiger partial charge in [0.05, 0.1) is 5.03 Å². The molecule has 0 spiro atoms. The average molecular weight is 469 g/mol. The Hall–Kier alpha value is -2.11. The first kappa shape index (κ1) is 25.5. The number of piperidine rings is 1. The molecule has 3 nitrogen and oxygen atoms in total. The van der Waals surface area contributed by atoms with Crippen molar-refractivity contribution in [2.75, 3.05) is 19.6 Å². The molecule has 33 heavy (non-hydrogen) atoms. The summed E-state index contributed by atoms with van der Waals surface area (Å²) in [5.74, 6) is 0.609. The second-order valence-electron chi connectivity index (χ2n) is 9.77. The monoisotopic (exact) mass is 468 g/mol. The van der Waals surface area contributed by atoms with Crippen LogP contribution in [-0.2, 0) is 17.8 Å². The molecule has 3 aromatic rings. The van der Waals surface area contributed by atoms with Gasteiger partial charge in [0, 0.05) is 30.4 Å². The normalized spacial score (nSPS) is 15.3. The average Bonchev–Trinajstić information content (AvgIpc) is 3.02. The Labute approximate surface area is 203 Å². The molecular formula is C28H37FN2OS. The van der Waals surface area contributed by atoms with E-state index < -0.39 is 5.67 Å². The number of alkyl halides is 1. The Morgan fingerprint density at radius 3 is 2.30 bits per heavy atom. The van der Waals surface area contributed by atoms with Gasteiger partial charge in [-0.05, 0) is 76.7 Å². The highest BCUT2D eigenvalue weighted by Gasteiger charge is 2.26. The third-order valence-corrected chi connectivity index (χ3v) is 6.81. The molecule has 0 bridgehead atoms. The van der Waals surface area contributed by atoms with Crippen LogP contribution in [0.4, 0.5) is 4.39 Å². The van der Waals surface area contributed by atoms with Crippen molar-refractivity contribution in [2.24, 2.45) is 5.92 Å². The zero-order valence-electron chi connectivity index (χ0n) is 20.4. The van der Waals surface area contributed by atoms with Gasteiger partial charge < -0.3 is 14.3 Å². The zero-order chi connectivity index (χ0) is 24.0. The van der Waals surface area contributed by atoms with Crippen LogP contribution < -0.4 is 0 Å². The maximum Gasteiger partial charge on any atom is 0.118 e. The second kappa shape index (κ2) is 11.3. The molecule has 2 aromatic carbocycles. The van der Waals surface area contributed by atoms with E-state index in [1.165, 1.54) is 34.5 Å². The summed E-state index contributed by atoms with van der Waals surface area (Å²) in [5.41, 5.74) is 4.08. The summed E-state index contributed by atoms with van der Waals surface area (Å²) in [4.78, 5) is 11.1. The number of hydrogen-bond acceptors (Lipinski definition) is 3. The number of hydrogen-bond donors (Lipinski definition) is 1. The molecule has 0 saturated carbocycles. The lowest BCUT2D eigenvalue weighted by atomic mass is 9.95. The maximum atomic E-state index is 14.0. The predicted molar refractivity (Wildman–Crippen MR) is 139 cm³/mol. The number of benzene rings is 2. The number of halogens is 1. The molecule has 0 aliphatic carbocycles. The predicted octanol–water partition coefficient (Wildman–Crippen LogP) is 6.49. The number of aromatic nitrogens is 1. The van der Waals surface area contributed by atoms with Crippen molar-refractivity contribution in [1.82, 2.24) is 9.47 Å². The van der Waals surface area contributed by atoms with Crippen LogP contribution in [0.1, 0.15) is 50.3 Å². The van der Waals surface area contributed by atoms with E-state index in [0.29, 0.717) is 12.5 Å². The SMILES string of the molecule is CC=O.Cc1ccc(Cc2c(S)n(CC3CCN(CC(C)(C)F)CC3)c3ccccc23)cc1. The third kappa shape index (κ3) is 6.94. The molecule has 1 saturated heterocycles. The smallest absolute Gasteiger partial charge is 0.118 e. The van der Waals surface area contributed by atoms with E-state index in [0.717, 1.165) is 50.2 Å². The van der Waals surface area contributed by atoms with Crippen LogP contribution in [0.5, 0.6) is 0 Å². The largest absolute Gasteiger partial charge is 0.335 e. The van der Waals surface area contributed by atoms with Crippen LogP contribution in [-0.4, -0.2) is 41.1 Å². The van der Waals surface area contributed by atoms with E-state index in [9.17, 15) is 4.39 Å². The van der Waals surface area contributed by atoms with E-state index in [-0.39, 0.29) is 0 Å². The highest BCUT2D eigenvalue weighted by Crippen LogP contribution is 2.33. The van der Waals surface area contributed by atoms with Crippen LogP contribution >= 0.6 is 12.6 Å². The van der Waals surface area contributed by atoms with Crippen LogP contribution in [0, 0.1) is 12.8 Å². The molecule has 178 valence electrons. The summed E-state index contributed by atoms with van der Waals surface area (Å²) in [6.07, 6.45) is 3.88. The molecule has 5 heteroatoms. The molecular weight excluding hydrogens is 431 g/mol. The van der Waals surface area contributed by atoms with Gasteiger partial charge in [0.15, 0.2) is 0 Å². The fraction of sp³-hybridized carbons (Fsp3) is 0.464. The molecule has 1 fully saturated rings. The summed E-state index contributed by atoms with van der Waals surface area (Å²) < 4.78 is 16.4. The van der Waals surface area contributed by atoms with Gasteiger partial charge in [-0.25, -0.2) is 4.39 Å². The van der Waals surface area contributed by atoms with Crippen molar-refractivity contribution in [3.05, 3.63) is 65.2 Å². The van der Waals surface area contributed by atoms with Gasteiger partial charge in [-0.15, -0.1) is 12.6 Å². The summed E-state index contributed by atoms with van der Waals surface area (Å²) in [5, 5.41) is 2.39. The molecule has 4 rings (SSSR count). The van der Waals surface area contributed by atoms with E-state index in [4.69, 9.17) is 17.4 Å². The molecule has 1 aliphatic heterocycles. The van der Waals surface area contributed by atoms with Crippen molar-refractivity contribution < 1.29 is 9.18 Å². The van der Waals surface area contributed by atoms with Crippen molar-refractivity contribution >= 4 is 29.8 Å². The lowest BCUT2D eigenvalue weighted by molar-refractivity contribution is -0.106. The number of likely N-dealkylation sites (tertiary alicyclic amines) is 1. The van der Waals surface area contributed by atoms with Crippen LogP contribution in [0.25, 0.3) is 10.9 Å². The van der Waals surface area contributed by atoms with Gasteiger partial charge >= 0.3 is 0 Å². The van der Waals surface area contributed by atoms with Crippen molar-refractivity contribution in [2.45, 2.75) is 64.2 Å². The maximum absolute atomic E-state index is 14.0. The fourth-order valence-corrected chi connectivity index (χ4v) is 5.14. The number of para-hydroxylation sites is 1. The van der Waals surface area contributed by atoms with E-state index in [2.05, 4.69) is 64.9 Å². The Morgan fingerprint density at radius 1 is 1.09 bits per heavy atom. The molecule has 1 aliphatic rings. The number of rotatable bonds is 6. The van der Waals surface area contributed by atoms with E-state index in [1.807, 2.05) is 0 Å². The lowest BCUT2D eigenvalue weighted by Gasteiger charge is -2.34. The minimum absolute atomic E-state index is 0.532. The first-order valence-electron chi connectivity index (χ1n) is 11.9. The molecule has 0 radical (unpaired) electrons. The Morgan fingerprint density at radius 2 is 1.70 bits per heavy atom. The Bertz CT molecular complexity index is 1040. The van der Waals surface area contributed by atoms with Crippen molar-refractivity contribution in [1.29, 1.82) is 0 Å². The minimum atomic E-state index is -1.12. The van der Waals surface area contributed by atoms with Crippen LogP contribution in [0.3, 0.4) is 0 Å². The van der Waals surface area contributed by atoms with Gasteiger partial charge in [0.25, 0.3) is 0 Å². The van der Waals surface area contributed by atoms with E-state index in [1.54, 1.807) is 13.8 Å². The van der Waals surface area contributed by atoms with Gasteiger partial charge in [-0.2, -0.15) is 0 Å². The minimum Gasteiger partial charge on any atom is -0.335 e. The molecule has 0 N–H and O–H groups in total. The quantitative estimate of drug-likeness (QED) is 0.330.